The van der Waals surface area contributed by atoms with Crippen LogP contribution in [0.15, 0.2) is 24.7 Å². The molecule has 59 valence electrons. The Hall–Kier alpha value is -1.71. The van der Waals surface area contributed by atoms with Crippen molar-refractivity contribution < 1.29 is 0 Å². The average molecular weight is 159 g/mol. The van der Waals surface area contributed by atoms with Gasteiger partial charge in [-0.25, -0.2) is 9.97 Å². The van der Waals surface area contributed by atoms with E-state index in [0.717, 1.165) is 11.4 Å². The molecule has 2 aromatic heterocycles. The van der Waals surface area contributed by atoms with Crippen LogP contribution in [0.25, 0.3) is 11.4 Å². The monoisotopic (exact) mass is 159 g/mol. The van der Waals surface area contributed by atoms with Crippen LogP contribution in [0.4, 0.5) is 0 Å². The van der Waals surface area contributed by atoms with Gasteiger partial charge in [0.25, 0.3) is 0 Å². The molecule has 0 unspecified atom stereocenters. The van der Waals surface area contributed by atoms with Crippen molar-refractivity contribution in [2.75, 3.05) is 0 Å². The second kappa shape index (κ2) is 2.73. The average Bonchev–Trinajstić information content (AvgIpc) is 2.54. The van der Waals surface area contributed by atoms with E-state index in [1.54, 1.807) is 16.9 Å². The lowest BCUT2D eigenvalue weighted by atomic mass is 10.3. The van der Waals surface area contributed by atoms with Crippen LogP contribution in [0, 0.1) is 6.20 Å². The summed E-state index contributed by atoms with van der Waals surface area (Å²) in [7, 11) is 1.82. The van der Waals surface area contributed by atoms with Gasteiger partial charge in [0, 0.05) is 13.2 Å². The van der Waals surface area contributed by atoms with Crippen LogP contribution in [-0.2, 0) is 7.05 Å². The van der Waals surface area contributed by atoms with Crippen molar-refractivity contribution >= 4 is 0 Å². The molecule has 0 aliphatic rings. The first-order valence-electron chi connectivity index (χ1n) is 3.54. The van der Waals surface area contributed by atoms with E-state index in [1.165, 1.54) is 6.33 Å². The van der Waals surface area contributed by atoms with Gasteiger partial charge in [0.2, 0.25) is 0 Å². The summed E-state index contributed by atoms with van der Waals surface area (Å²) in [6.07, 6.45) is 6.11. The zero-order chi connectivity index (χ0) is 8.39. The second-order valence-corrected chi connectivity index (χ2v) is 2.38. The molecule has 0 atom stereocenters. The lowest BCUT2D eigenvalue weighted by molar-refractivity contribution is 0.763. The molecule has 0 fully saturated rings. The summed E-state index contributed by atoms with van der Waals surface area (Å²) in [5.74, 6) is 0. The standard InChI is InChI=1S/C8H7N4/c1-12-5-3-8(11-12)7-2-4-9-6-10-7/h2-4,6H,1H3. The van der Waals surface area contributed by atoms with Gasteiger partial charge in [-0.05, 0) is 12.1 Å². The molecule has 0 amide bonds. The third-order valence-electron chi connectivity index (χ3n) is 1.49. The lowest BCUT2D eigenvalue weighted by Gasteiger charge is -1.91. The lowest BCUT2D eigenvalue weighted by Crippen LogP contribution is -1.89. The van der Waals surface area contributed by atoms with Crippen LogP contribution < -0.4 is 0 Å². The Morgan fingerprint density at radius 2 is 2.33 bits per heavy atom. The first-order valence-corrected chi connectivity index (χ1v) is 3.54. The minimum atomic E-state index is 0.819. The summed E-state index contributed by atoms with van der Waals surface area (Å²) >= 11 is 0. The molecule has 0 saturated heterocycles. The zero-order valence-corrected chi connectivity index (χ0v) is 6.60. The van der Waals surface area contributed by atoms with Crippen molar-refractivity contribution in [2.24, 2.45) is 7.05 Å². The van der Waals surface area contributed by atoms with Crippen molar-refractivity contribution in [1.29, 1.82) is 0 Å². The van der Waals surface area contributed by atoms with Gasteiger partial charge in [0.1, 0.15) is 12.0 Å². The molecule has 0 aliphatic heterocycles. The fourth-order valence-electron chi connectivity index (χ4n) is 0.941. The number of aromatic nitrogens is 4. The van der Waals surface area contributed by atoms with E-state index < -0.39 is 0 Å². The largest absolute Gasteiger partial charge is 0.266 e. The number of nitrogens with zero attached hydrogens (tertiary/aromatic N) is 4. The van der Waals surface area contributed by atoms with Crippen LogP contribution in [0.2, 0.25) is 0 Å². The number of hydrogen-bond donors (Lipinski definition) is 0. The van der Waals surface area contributed by atoms with E-state index in [9.17, 15) is 0 Å². The van der Waals surface area contributed by atoms with E-state index in [-0.39, 0.29) is 0 Å². The van der Waals surface area contributed by atoms with Crippen LogP contribution in [0.1, 0.15) is 0 Å². The van der Waals surface area contributed by atoms with Gasteiger partial charge in [-0.1, -0.05) is 0 Å². The predicted octanol–water partition coefficient (Wildman–Crippen LogP) is 0.677. The fraction of sp³-hybridized carbons (Fsp3) is 0.125. The molecule has 4 nitrogen and oxygen atoms in total. The van der Waals surface area contributed by atoms with E-state index in [2.05, 4.69) is 21.3 Å². The highest BCUT2D eigenvalue weighted by molar-refractivity contribution is 5.51. The van der Waals surface area contributed by atoms with Crippen LogP contribution in [-0.4, -0.2) is 19.7 Å². The predicted molar refractivity (Wildman–Crippen MR) is 43.1 cm³/mol. The molecular weight excluding hydrogens is 152 g/mol. The van der Waals surface area contributed by atoms with Crippen molar-refractivity contribution in [1.82, 2.24) is 19.7 Å². The Morgan fingerprint density at radius 3 is 2.92 bits per heavy atom. The first kappa shape index (κ1) is 6.97. The summed E-state index contributed by atoms with van der Waals surface area (Å²) in [6, 6.07) is 3.61. The van der Waals surface area contributed by atoms with Crippen LogP contribution >= 0.6 is 0 Å². The van der Waals surface area contributed by atoms with Crippen molar-refractivity contribution in [3.8, 4) is 11.4 Å². The van der Waals surface area contributed by atoms with Gasteiger partial charge in [0.05, 0.1) is 11.9 Å². The van der Waals surface area contributed by atoms with Gasteiger partial charge < -0.3 is 0 Å². The zero-order valence-electron chi connectivity index (χ0n) is 6.60. The van der Waals surface area contributed by atoms with Crippen LogP contribution in [0.3, 0.4) is 0 Å². The van der Waals surface area contributed by atoms with Gasteiger partial charge >= 0.3 is 0 Å². The van der Waals surface area contributed by atoms with Crippen molar-refractivity contribution in [3.63, 3.8) is 0 Å². The van der Waals surface area contributed by atoms with E-state index in [4.69, 9.17) is 0 Å². The molecular formula is C8H7N4. The maximum Gasteiger partial charge on any atom is 0.116 e. The molecule has 2 heterocycles. The topological polar surface area (TPSA) is 43.6 Å². The summed E-state index contributed by atoms with van der Waals surface area (Å²) in [6.45, 7) is 0. The highest BCUT2D eigenvalue weighted by Crippen LogP contribution is 2.10. The summed E-state index contributed by atoms with van der Waals surface area (Å²) in [5.41, 5.74) is 1.64. The Balaban J connectivity index is 2.45. The van der Waals surface area contributed by atoms with Crippen LogP contribution in [0.5, 0.6) is 0 Å². The molecule has 0 aliphatic carbocycles. The summed E-state index contributed by atoms with van der Waals surface area (Å²) in [5, 5.41) is 4.15. The molecule has 1 radical (unpaired) electrons. The molecule has 4 heteroatoms. The Kier molecular flexibility index (Phi) is 1.59. The van der Waals surface area contributed by atoms with E-state index in [1.807, 2.05) is 13.1 Å². The third-order valence-corrected chi connectivity index (χ3v) is 1.49. The third kappa shape index (κ3) is 1.18. The van der Waals surface area contributed by atoms with Gasteiger partial charge in [-0.15, -0.1) is 0 Å². The van der Waals surface area contributed by atoms with E-state index in [0.29, 0.717) is 0 Å². The highest BCUT2D eigenvalue weighted by atomic mass is 15.2. The molecule has 0 spiro atoms. The molecule has 0 saturated carbocycles. The van der Waals surface area contributed by atoms with Gasteiger partial charge in [-0.2, -0.15) is 5.10 Å². The molecule has 0 aromatic carbocycles. The molecule has 0 bridgehead atoms. The first-order chi connectivity index (χ1) is 5.86. The minimum absolute atomic E-state index is 0.819. The molecule has 12 heavy (non-hydrogen) atoms. The van der Waals surface area contributed by atoms with Gasteiger partial charge in [0.15, 0.2) is 0 Å². The molecule has 2 rings (SSSR count). The number of hydrogen-bond acceptors (Lipinski definition) is 3. The minimum Gasteiger partial charge on any atom is -0.266 e. The highest BCUT2D eigenvalue weighted by Gasteiger charge is 2.00. The van der Waals surface area contributed by atoms with Crippen molar-refractivity contribution in [2.45, 2.75) is 0 Å². The summed E-state index contributed by atoms with van der Waals surface area (Å²) in [4.78, 5) is 7.88. The molecule has 2 aromatic rings. The normalized spacial score (nSPS) is 10.1. The maximum absolute atomic E-state index is 4.15. The maximum atomic E-state index is 4.15. The molecule has 0 N–H and O–H groups in total. The summed E-state index contributed by atoms with van der Waals surface area (Å²) < 4.78 is 1.62. The Bertz CT molecular complexity index is 366. The van der Waals surface area contributed by atoms with Gasteiger partial charge in [-0.3, -0.25) is 4.68 Å². The smallest absolute Gasteiger partial charge is 0.116 e. The Labute approximate surface area is 69.9 Å². The SMILES string of the molecule is Cn1[c]cc(-c2ccncn2)n1. The second-order valence-electron chi connectivity index (χ2n) is 2.38. The van der Waals surface area contributed by atoms with E-state index >= 15 is 0 Å². The number of rotatable bonds is 1. The fourth-order valence-corrected chi connectivity index (χ4v) is 0.941. The van der Waals surface area contributed by atoms with Crippen molar-refractivity contribution in [3.05, 3.63) is 30.9 Å². The quantitative estimate of drug-likeness (QED) is 0.614. The Morgan fingerprint density at radius 1 is 1.42 bits per heavy atom. The number of aryl methyl sites for hydroxylation is 1.